The van der Waals surface area contributed by atoms with Crippen molar-refractivity contribution in [3.63, 3.8) is 0 Å². The highest BCUT2D eigenvalue weighted by atomic mass is 19.4. The van der Waals surface area contributed by atoms with Crippen LogP contribution in [0.1, 0.15) is 5.69 Å². The summed E-state index contributed by atoms with van der Waals surface area (Å²) in [7, 11) is 1.49. The average Bonchev–Trinajstić information content (AvgIpc) is 2.83. The van der Waals surface area contributed by atoms with Gasteiger partial charge < -0.3 is 15.5 Å². The van der Waals surface area contributed by atoms with Gasteiger partial charge >= 0.3 is 6.18 Å². The lowest BCUT2D eigenvalue weighted by Gasteiger charge is -2.37. The number of nitrogens with two attached hydrogens (primary N) is 1. The molecule has 1 saturated heterocycles. The number of piperazine rings is 1. The van der Waals surface area contributed by atoms with Crippen molar-refractivity contribution in [3.05, 3.63) is 36.0 Å². The number of benzene rings is 1. The first-order valence-electron chi connectivity index (χ1n) is 7.32. The van der Waals surface area contributed by atoms with Crippen molar-refractivity contribution in [2.75, 3.05) is 41.7 Å². The average molecular weight is 325 g/mol. The largest absolute Gasteiger partial charge is 0.437 e. The maximum atomic E-state index is 12.9. The molecule has 2 heterocycles. The quantitative estimate of drug-likeness (QED) is 0.921. The van der Waals surface area contributed by atoms with Crippen LogP contribution in [0.2, 0.25) is 0 Å². The maximum Gasteiger partial charge on any atom is 0.437 e. The number of nitrogen functional groups attached to an aromatic ring is 1. The molecule has 0 atom stereocenters. The first-order chi connectivity index (χ1) is 10.9. The van der Waals surface area contributed by atoms with Crippen LogP contribution in [0, 0.1) is 0 Å². The minimum Gasteiger partial charge on any atom is -0.394 e. The molecule has 0 unspecified atom stereocenters. The number of halogens is 3. The topological polar surface area (TPSA) is 50.3 Å². The highest BCUT2D eigenvalue weighted by Crippen LogP contribution is 2.37. The van der Waals surface area contributed by atoms with E-state index in [9.17, 15) is 13.2 Å². The summed E-state index contributed by atoms with van der Waals surface area (Å²) in [5.74, 6) is 0.338. The van der Waals surface area contributed by atoms with Gasteiger partial charge in [0.1, 0.15) is 5.69 Å². The van der Waals surface area contributed by atoms with Crippen molar-refractivity contribution < 1.29 is 13.2 Å². The highest BCUT2D eigenvalue weighted by molar-refractivity contribution is 5.67. The molecule has 8 heteroatoms. The predicted octanol–water partition coefficient (Wildman–Crippen LogP) is 2.35. The van der Waals surface area contributed by atoms with Crippen molar-refractivity contribution in [2.24, 2.45) is 7.05 Å². The molecule has 1 aliphatic heterocycles. The number of hydrogen-bond acceptors (Lipinski definition) is 4. The fourth-order valence-corrected chi connectivity index (χ4v) is 2.93. The van der Waals surface area contributed by atoms with E-state index < -0.39 is 11.9 Å². The Hall–Kier alpha value is -2.38. The Morgan fingerprint density at radius 2 is 1.57 bits per heavy atom. The zero-order valence-corrected chi connectivity index (χ0v) is 12.7. The third-order valence-corrected chi connectivity index (χ3v) is 4.02. The van der Waals surface area contributed by atoms with E-state index in [1.54, 1.807) is 0 Å². The minimum absolute atomic E-state index is 0.298. The van der Waals surface area contributed by atoms with Crippen LogP contribution in [0.4, 0.5) is 30.4 Å². The Bertz CT molecular complexity index is 672. The zero-order valence-electron chi connectivity index (χ0n) is 12.7. The third kappa shape index (κ3) is 2.93. The molecule has 1 fully saturated rings. The summed E-state index contributed by atoms with van der Waals surface area (Å²) in [6.45, 7) is 2.62. The van der Waals surface area contributed by atoms with Gasteiger partial charge in [-0.15, -0.1) is 0 Å². The summed E-state index contributed by atoms with van der Waals surface area (Å²) in [5, 5.41) is 3.55. The Morgan fingerprint density at radius 3 is 2.09 bits per heavy atom. The summed E-state index contributed by atoms with van der Waals surface area (Å²) in [6, 6.07) is 9.94. The second kappa shape index (κ2) is 5.68. The standard InChI is InChI=1S/C15H18F3N5/c1-21-14(12(19)13(20-21)15(16,17)18)23-9-7-22(8-10-23)11-5-3-2-4-6-11/h2-6H,7-10,19H2,1H3. The van der Waals surface area contributed by atoms with E-state index in [0.29, 0.717) is 18.9 Å². The van der Waals surface area contributed by atoms with Crippen LogP contribution in [-0.2, 0) is 13.2 Å². The second-order valence-electron chi connectivity index (χ2n) is 5.52. The number of nitrogens with zero attached hydrogens (tertiary/aromatic N) is 4. The molecule has 2 N–H and O–H groups in total. The number of rotatable bonds is 2. The molecule has 124 valence electrons. The molecular formula is C15H18F3N5. The minimum atomic E-state index is -4.54. The number of alkyl halides is 3. The molecule has 23 heavy (non-hydrogen) atoms. The normalized spacial score (nSPS) is 16.0. The molecule has 0 spiro atoms. The second-order valence-corrected chi connectivity index (χ2v) is 5.52. The maximum absolute atomic E-state index is 12.9. The SMILES string of the molecule is Cn1nc(C(F)(F)F)c(N)c1N1CCN(c2ccccc2)CC1. The van der Waals surface area contributed by atoms with Crippen molar-refractivity contribution in [1.82, 2.24) is 9.78 Å². The summed E-state index contributed by atoms with van der Waals surface area (Å²) in [5.41, 5.74) is 5.51. The molecule has 0 radical (unpaired) electrons. The lowest BCUT2D eigenvalue weighted by atomic mass is 10.2. The number of aromatic nitrogens is 2. The van der Waals surface area contributed by atoms with Gasteiger partial charge in [0.15, 0.2) is 11.5 Å². The Kier molecular flexibility index (Phi) is 3.83. The molecule has 1 aromatic carbocycles. The number of para-hydroxylation sites is 1. The van der Waals surface area contributed by atoms with E-state index in [-0.39, 0.29) is 5.69 Å². The lowest BCUT2D eigenvalue weighted by molar-refractivity contribution is -0.140. The van der Waals surface area contributed by atoms with Crippen LogP contribution in [-0.4, -0.2) is 36.0 Å². The summed E-state index contributed by atoms with van der Waals surface area (Å²) >= 11 is 0. The molecule has 1 aromatic heterocycles. The van der Waals surface area contributed by atoms with Gasteiger partial charge in [-0.05, 0) is 12.1 Å². The van der Waals surface area contributed by atoms with Gasteiger partial charge in [-0.3, -0.25) is 4.68 Å². The van der Waals surface area contributed by atoms with Crippen LogP contribution in [0.3, 0.4) is 0 Å². The van der Waals surface area contributed by atoms with Gasteiger partial charge in [-0.25, -0.2) is 0 Å². The third-order valence-electron chi connectivity index (χ3n) is 4.02. The van der Waals surface area contributed by atoms with Crippen molar-refractivity contribution in [2.45, 2.75) is 6.18 Å². The van der Waals surface area contributed by atoms with E-state index in [4.69, 9.17) is 5.73 Å². The first kappa shape index (κ1) is 15.5. The van der Waals surface area contributed by atoms with Crippen molar-refractivity contribution in [1.29, 1.82) is 0 Å². The van der Waals surface area contributed by atoms with Gasteiger partial charge in [0.25, 0.3) is 0 Å². The molecular weight excluding hydrogens is 307 g/mol. The molecule has 0 amide bonds. The molecule has 0 aliphatic carbocycles. The van der Waals surface area contributed by atoms with Gasteiger partial charge in [-0.1, -0.05) is 18.2 Å². The predicted molar refractivity (Wildman–Crippen MR) is 83.5 cm³/mol. The number of anilines is 3. The Labute approximate surface area is 132 Å². The fraction of sp³-hybridized carbons (Fsp3) is 0.400. The van der Waals surface area contributed by atoms with Crippen LogP contribution in [0.5, 0.6) is 0 Å². The Balaban J connectivity index is 1.77. The summed E-state index contributed by atoms with van der Waals surface area (Å²) in [4.78, 5) is 4.06. The molecule has 2 aromatic rings. The summed E-state index contributed by atoms with van der Waals surface area (Å²) in [6.07, 6.45) is -4.54. The van der Waals surface area contributed by atoms with E-state index in [0.717, 1.165) is 18.8 Å². The van der Waals surface area contributed by atoms with Crippen LogP contribution < -0.4 is 15.5 Å². The number of hydrogen-bond donors (Lipinski definition) is 1. The lowest BCUT2D eigenvalue weighted by Crippen LogP contribution is -2.47. The molecule has 5 nitrogen and oxygen atoms in total. The van der Waals surface area contributed by atoms with Crippen LogP contribution >= 0.6 is 0 Å². The first-order valence-corrected chi connectivity index (χ1v) is 7.32. The van der Waals surface area contributed by atoms with E-state index in [1.165, 1.54) is 11.7 Å². The monoisotopic (exact) mass is 325 g/mol. The summed E-state index contributed by atoms with van der Waals surface area (Å²) < 4.78 is 39.9. The zero-order chi connectivity index (χ0) is 16.6. The molecule has 3 rings (SSSR count). The van der Waals surface area contributed by atoms with Crippen molar-refractivity contribution in [3.8, 4) is 0 Å². The van der Waals surface area contributed by atoms with Gasteiger partial charge in [0, 0.05) is 38.9 Å². The van der Waals surface area contributed by atoms with E-state index >= 15 is 0 Å². The fourth-order valence-electron chi connectivity index (χ4n) is 2.93. The van der Waals surface area contributed by atoms with E-state index in [1.807, 2.05) is 35.2 Å². The van der Waals surface area contributed by atoms with Crippen LogP contribution in [0.25, 0.3) is 0 Å². The molecule has 0 bridgehead atoms. The van der Waals surface area contributed by atoms with Gasteiger partial charge in [0.05, 0.1) is 0 Å². The van der Waals surface area contributed by atoms with Gasteiger partial charge in [0.2, 0.25) is 0 Å². The van der Waals surface area contributed by atoms with Crippen LogP contribution in [0.15, 0.2) is 30.3 Å². The smallest absolute Gasteiger partial charge is 0.394 e. The number of aryl methyl sites for hydroxylation is 1. The molecule has 0 saturated carbocycles. The van der Waals surface area contributed by atoms with Gasteiger partial charge in [-0.2, -0.15) is 18.3 Å². The Morgan fingerprint density at radius 1 is 1.00 bits per heavy atom. The molecule has 1 aliphatic rings. The van der Waals surface area contributed by atoms with Crippen molar-refractivity contribution >= 4 is 17.2 Å². The highest BCUT2D eigenvalue weighted by Gasteiger charge is 2.39. The van der Waals surface area contributed by atoms with E-state index in [2.05, 4.69) is 10.00 Å².